The van der Waals surface area contributed by atoms with Crippen LogP contribution in [0.3, 0.4) is 0 Å². The van der Waals surface area contributed by atoms with Crippen LogP contribution < -0.4 is 19.5 Å². The van der Waals surface area contributed by atoms with E-state index in [1.54, 1.807) is 25.3 Å². The predicted octanol–water partition coefficient (Wildman–Crippen LogP) is 3.75. The van der Waals surface area contributed by atoms with Crippen LogP contribution >= 0.6 is 11.8 Å². The zero-order chi connectivity index (χ0) is 19.4. The van der Waals surface area contributed by atoms with E-state index in [4.69, 9.17) is 14.2 Å². The minimum atomic E-state index is -0.238. The van der Waals surface area contributed by atoms with E-state index < -0.39 is 0 Å². The van der Waals surface area contributed by atoms with Crippen molar-refractivity contribution in [3.63, 3.8) is 0 Å². The molecule has 0 aliphatic carbocycles. The molecule has 1 N–H and O–H groups in total. The number of ether oxygens (including phenoxy) is 3. The number of rotatable bonds is 6. The molecule has 1 amide bonds. The summed E-state index contributed by atoms with van der Waals surface area (Å²) in [6.45, 7) is 0. The van der Waals surface area contributed by atoms with E-state index in [-0.39, 0.29) is 24.2 Å². The van der Waals surface area contributed by atoms with Gasteiger partial charge in [-0.2, -0.15) is 0 Å². The number of methoxy groups -OCH3 is 3. The molecule has 27 heavy (non-hydrogen) atoms. The molecular weight excluding hydrogens is 369 g/mol. The van der Waals surface area contributed by atoms with Gasteiger partial charge in [-0.15, -0.1) is 11.8 Å². The first-order valence-corrected chi connectivity index (χ1v) is 9.56. The van der Waals surface area contributed by atoms with Gasteiger partial charge in [0.1, 0.15) is 5.82 Å². The monoisotopic (exact) mass is 391 g/mol. The highest BCUT2D eigenvalue weighted by atomic mass is 32.2. The molecule has 0 fully saturated rings. The van der Waals surface area contributed by atoms with Crippen LogP contribution in [0.4, 0.5) is 4.39 Å². The van der Waals surface area contributed by atoms with Crippen molar-refractivity contribution in [3.05, 3.63) is 47.3 Å². The lowest BCUT2D eigenvalue weighted by atomic mass is 10.0. The van der Waals surface area contributed by atoms with Crippen molar-refractivity contribution in [2.24, 2.45) is 0 Å². The van der Waals surface area contributed by atoms with Gasteiger partial charge in [0.25, 0.3) is 0 Å². The predicted molar refractivity (Wildman–Crippen MR) is 102 cm³/mol. The smallest absolute Gasteiger partial charge is 0.225 e. The molecule has 0 aromatic heterocycles. The Balaban J connectivity index is 1.79. The van der Waals surface area contributed by atoms with Crippen LogP contribution in [0.1, 0.15) is 23.6 Å². The van der Waals surface area contributed by atoms with Crippen molar-refractivity contribution in [1.29, 1.82) is 0 Å². The molecule has 2 aromatic carbocycles. The number of benzene rings is 2. The van der Waals surface area contributed by atoms with E-state index in [0.29, 0.717) is 27.7 Å². The summed E-state index contributed by atoms with van der Waals surface area (Å²) < 4.78 is 30.1. The van der Waals surface area contributed by atoms with E-state index in [9.17, 15) is 9.18 Å². The average Bonchev–Trinajstić information content (AvgIpc) is 2.68. The molecule has 0 saturated carbocycles. The Labute approximate surface area is 162 Å². The zero-order valence-electron chi connectivity index (χ0n) is 15.5. The molecule has 7 heteroatoms. The third-order valence-electron chi connectivity index (χ3n) is 4.50. The van der Waals surface area contributed by atoms with Gasteiger partial charge in [0.05, 0.1) is 33.8 Å². The van der Waals surface area contributed by atoms with Gasteiger partial charge in [-0.3, -0.25) is 4.79 Å². The Morgan fingerprint density at radius 2 is 1.93 bits per heavy atom. The van der Waals surface area contributed by atoms with Crippen LogP contribution in [0.5, 0.6) is 17.2 Å². The van der Waals surface area contributed by atoms with Gasteiger partial charge in [0.2, 0.25) is 11.7 Å². The van der Waals surface area contributed by atoms with Crippen molar-refractivity contribution in [2.45, 2.75) is 23.8 Å². The summed E-state index contributed by atoms with van der Waals surface area (Å²) >= 11 is 1.49. The summed E-state index contributed by atoms with van der Waals surface area (Å²) in [5.41, 5.74) is 1.52. The highest BCUT2D eigenvalue weighted by Crippen LogP contribution is 2.40. The highest BCUT2D eigenvalue weighted by molar-refractivity contribution is 7.99. The normalized spacial score (nSPS) is 15.6. The van der Waals surface area contributed by atoms with Crippen LogP contribution in [-0.4, -0.2) is 33.0 Å². The maximum atomic E-state index is 14.0. The Morgan fingerprint density at radius 3 is 2.63 bits per heavy atom. The largest absolute Gasteiger partial charge is 0.493 e. The molecule has 0 radical (unpaired) electrons. The van der Waals surface area contributed by atoms with Gasteiger partial charge in [0.15, 0.2) is 11.5 Å². The Morgan fingerprint density at radius 1 is 1.15 bits per heavy atom. The van der Waals surface area contributed by atoms with E-state index in [1.807, 2.05) is 6.07 Å². The number of hydrogen-bond donors (Lipinski definition) is 1. The number of carbonyl (C=O) groups excluding carboxylic acids is 1. The quantitative estimate of drug-likeness (QED) is 0.813. The zero-order valence-corrected chi connectivity index (χ0v) is 16.3. The van der Waals surface area contributed by atoms with Crippen molar-refractivity contribution in [3.8, 4) is 17.2 Å². The number of fused-ring (bicyclic) bond motifs is 1. The van der Waals surface area contributed by atoms with Crippen LogP contribution in [0, 0.1) is 5.82 Å². The van der Waals surface area contributed by atoms with Crippen LogP contribution in [0.25, 0.3) is 0 Å². The summed E-state index contributed by atoms with van der Waals surface area (Å²) in [7, 11) is 4.59. The highest BCUT2D eigenvalue weighted by Gasteiger charge is 2.25. The minimum absolute atomic E-state index is 0.123. The number of halogens is 1. The van der Waals surface area contributed by atoms with Crippen molar-refractivity contribution < 1.29 is 23.4 Å². The van der Waals surface area contributed by atoms with Gasteiger partial charge >= 0.3 is 0 Å². The summed E-state index contributed by atoms with van der Waals surface area (Å²) in [6.07, 6.45) is 0.883. The maximum absolute atomic E-state index is 14.0. The number of carbonyl (C=O) groups is 1. The fraction of sp³-hybridized carbons (Fsp3) is 0.350. The first kappa shape index (κ1) is 19.4. The Bertz CT molecular complexity index is 843. The van der Waals surface area contributed by atoms with Gasteiger partial charge in [0, 0.05) is 16.2 Å². The SMILES string of the molecule is COc1ccc(CC(=O)NC2CCSc3c(F)cccc32)c(OC)c1OC. The second-order valence-electron chi connectivity index (χ2n) is 6.09. The van der Waals surface area contributed by atoms with Crippen molar-refractivity contribution in [1.82, 2.24) is 5.32 Å². The molecule has 0 spiro atoms. The molecule has 3 rings (SSSR count). The molecule has 1 atom stereocenters. The number of hydrogen-bond acceptors (Lipinski definition) is 5. The summed E-state index contributed by atoms with van der Waals surface area (Å²) in [5.74, 6) is 1.82. The summed E-state index contributed by atoms with van der Waals surface area (Å²) in [4.78, 5) is 13.3. The first-order valence-electron chi connectivity index (χ1n) is 8.57. The second-order valence-corrected chi connectivity index (χ2v) is 7.19. The molecule has 1 aliphatic rings. The van der Waals surface area contributed by atoms with Crippen molar-refractivity contribution >= 4 is 17.7 Å². The maximum Gasteiger partial charge on any atom is 0.225 e. The molecule has 1 aliphatic heterocycles. The van der Waals surface area contributed by atoms with Gasteiger partial charge < -0.3 is 19.5 Å². The summed E-state index contributed by atoms with van der Waals surface area (Å²) in [5, 5.41) is 3.02. The lowest BCUT2D eigenvalue weighted by molar-refractivity contribution is -0.121. The molecule has 0 saturated heterocycles. The molecule has 144 valence electrons. The number of nitrogens with one attached hydrogen (secondary N) is 1. The Kier molecular flexibility index (Phi) is 6.11. The molecule has 5 nitrogen and oxygen atoms in total. The lowest BCUT2D eigenvalue weighted by Crippen LogP contribution is -2.32. The van der Waals surface area contributed by atoms with Crippen LogP contribution in [0.15, 0.2) is 35.2 Å². The topological polar surface area (TPSA) is 56.8 Å². The average molecular weight is 391 g/mol. The molecular formula is C20H22FNO4S. The van der Waals surface area contributed by atoms with Gasteiger partial charge in [-0.25, -0.2) is 4.39 Å². The van der Waals surface area contributed by atoms with E-state index >= 15 is 0 Å². The van der Waals surface area contributed by atoms with Crippen LogP contribution in [-0.2, 0) is 11.2 Å². The first-order chi connectivity index (χ1) is 13.1. The number of amides is 1. The summed E-state index contributed by atoms with van der Waals surface area (Å²) in [6, 6.07) is 8.32. The van der Waals surface area contributed by atoms with Gasteiger partial charge in [-0.1, -0.05) is 18.2 Å². The molecule has 1 unspecified atom stereocenters. The third kappa shape index (κ3) is 3.98. The van der Waals surface area contributed by atoms with Gasteiger partial charge in [-0.05, 0) is 24.1 Å². The van der Waals surface area contributed by atoms with E-state index in [0.717, 1.165) is 17.7 Å². The molecule has 0 bridgehead atoms. The lowest BCUT2D eigenvalue weighted by Gasteiger charge is -2.26. The van der Waals surface area contributed by atoms with Crippen molar-refractivity contribution in [2.75, 3.05) is 27.1 Å². The molecule has 1 heterocycles. The van der Waals surface area contributed by atoms with E-state index in [1.165, 1.54) is 32.0 Å². The third-order valence-corrected chi connectivity index (χ3v) is 5.66. The van der Waals surface area contributed by atoms with E-state index in [2.05, 4.69) is 5.32 Å². The standard InChI is InChI=1S/C20H22FNO4S/c1-24-16-8-7-12(18(25-2)19(16)26-3)11-17(23)22-15-9-10-27-20-13(15)5-4-6-14(20)21/h4-8,15H,9-11H2,1-3H3,(H,22,23). The molecule has 2 aromatic rings. The fourth-order valence-corrected chi connectivity index (χ4v) is 4.40. The fourth-order valence-electron chi connectivity index (χ4n) is 3.26. The minimum Gasteiger partial charge on any atom is -0.493 e. The second kappa shape index (κ2) is 8.52. The Hall–Kier alpha value is -2.41. The van der Waals surface area contributed by atoms with Crippen LogP contribution in [0.2, 0.25) is 0 Å². The number of thioether (sulfide) groups is 1.